The minimum Gasteiger partial charge on any atom is -0.457 e. The summed E-state index contributed by atoms with van der Waals surface area (Å²) in [7, 11) is 0. The van der Waals surface area contributed by atoms with Crippen LogP contribution in [0, 0.1) is 0 Å². The van der Waals surface area contributed by atoms with E-state index in [0.29, 0.717) is 0 Å². The number of carbonyl (C=O) groups excluding carboxylic acids is 2. The number of nitrogens with one attached hydrogen (secondary N) is 1. The van der Waals surface area contributed by atoms with E-state index in [2.05, 4.69) is 5.32 Å². The maximum Gasteiger partial charge on any atom is 0.303 e. The number of rotatable bonds is 2. The van der Waals surface area contributed by atoms with Gasteiger partial charge in [0.25, 0.3) is 0 Å². The van der Waals surface area contributed by atoms with E-state index in [-0.39, 0.29) is 0 Å². The van der Waals surface area contributed by atoms with Crippen molar-refractivity contribution in [2.24, 2.45) is 0 Å². The molecule has 0 spiro atoms. The number of aliphatic hydroxyl groups excluding tert-OH is 2. The maximum absolute atomic E-state index is 11.0. The standard InChI is InChI=1S/C10H17NO6/c1-4-8(14)9(17-6(3)13)7(10(15)16-4)11-5(2)12/h4,7-10,14-15H,1-3H3,(H,11,12)/t4-,7-,8-,9-,10-/m1/s1. The van der Waals surface area contributed by atoms with Crippen molar-refractivity contribution >= 4 is 11.9 Å². The lowest BCUT2D eigenvalue weighted by atomic mass is 9.97. The first-order valence-corrected chi connectivity index (χ1v) is 5.29. The molecular weight excluding hydrogens is 230 g/mol. The van der Waals surface area contributed by atoms with Crippen molar-refractivity contribution in [3.63, 3.8) is 0 Å². The Hall–Kier alpha value is -1.18. The van der Waals surface area contributed by atoms with Gasteiger partial charge in [0.05, 0.1) is 6.10 Å². The molecule has 0 saturated carbocycles. The molecule has 0 aromatic rings. The van der Waals surface area contributed by atoms with Gasteiger partial charge in [-0.2, -0.15) is 0 Å². The van der Waals surface area contributed by atoms with Gasteiger partial charge in [-0.15, -0.1) is 0 Å². The highest BCUT2D eigenvalue weighted by atomic mass is 16.6. The van der Waals surface area contributed by atoms with Crippen LogP contribution in [-0.4, -0.2) is 52.7 Å². The number of hydrogen-bond donors (Lipinski definition) is 3. The Morgan fingerprint density at radius 3 is 2.35 bits per heavy atom. The van der Waals surface area contributed by atoms with Gasteiger partial charge < -0.3 is 25.0 Å². The second-order valence-electron chi connectivity index (χ2n) is 4.02. The number of aliphatic hydroxyl groups is 2. The van der Waals surface area contributed by atoms with Gasteiger partial charge in [0, 0.05) is 13.8 Å². The maximum atomic E-state index is 11.0. The molecule has 1 amide bonds. The molecule has 0 aromatic carbocycles. The molecular formula is C10H17NO6. The molecule has 0 radical (unpaired) electrons. The van der Waals surface area contributed by atoms with E-state index in [1.54, 1.807) is 0 Å². The molecule has 98 valence electrons. The lowest BCUT2D eigenvalue weighted by Crippen LogP contribution is -2.63. The summed E-state index contributed by atoms with van der Waals surface area (Å²) in [5.74, 6) is -1.03. The average Bonchev–Trinajstić information content (AvgIpc) is 2.19. The Labute approximate surface area is 98.7 Å². The van der Waals surface area contributed by atoms with Gasteiger partial charge in [-0.25, -0.2) is 0 Å². The Balaban J connectivity index is 2.86. The van der Waals surface area contributed by atoms with Crippen LogP contribution in [0.25, 0.3) is 0 Å². The van der Waals surface area contributed by atoms with Crippen LogP contribution in [-0.2, 0) is 19.1 Å². The van der Waals surface area contributed by atoms with Crippen molar-refractivity contribution in [2.75, 3.05) is 0 Å². The van der Waals surface area contributed by atoms with Gasteiger partial charge in [-0.1, -0.05) is 0 Å². The van der Waals surface area contributed by atoms with Crippen LogP contribution in [0.4, 0.5) is 0 Å². The van der Waals surface area contributed by atoms with Crippen LogP contribution < -0.4 is 5.32 Å². The second kappa shape index (κ2) is 5.44. The molecule has 1 heterocycles. The van der Waals surface area contributed by atoms with Crippen LogP contribution in [0.15, 0.2) is 0 Å². The normalized spacial score (nSPS) is 37.4. The summed E-state index contributed by atoms with van der Waals surface area (Å²) in [6.07, 6.45) is -4.17. The van der Waals surface area contributed by atoms with Gasteiger partial charge in [-0.3, -0.25) is 9.59 Å². The Morgan fingerprint density at radius 2 is 1.88 bits per heavy atom. The molecule has 3 N–H and O–H groups in total. The van der Waals surface area contributed by atoms with Gasteiger partial charge in [0.15, 0.2) is 12.4 Å². The average molecular weight is 247 g/mol. The summed E-state index contributed by atoms with van der Waals surface area (Å²) >= 11 is 0. The molecule has 1 fully saturated rings. The molecule has 1 saturated heterocycles. The van der Waals surface area contributed by atoms with Crippen molar-refractivity contribution < 1.29 is 29.3 Å². The Kier molecular flexibility index (Phi) is 4.44. The van der Waals surface area contributed by atoms with E-state index in [1.807, 2.05) is 0 Å². The third-order valence-corrected chi connectivity index (χ3v) is 2.50. The summed E-state index contributed by atoms with van der Waals surface area (Å²) in [5.41, 5.74) is 0. The van der Waals surface area contributed by atoms with E-state index in [9.17, 15) is 19.8 Å². The van der Waals surface area contributed by atoms with E-state index in [1.165, 1.54) is 20.8 Å². The molecule has 5 atom stereocenters. The van der Waals surface area contributed by atoms with E-state index in [0.717, 1.165) is 0 Å². The van der Waals surface area contributed by atoms with Crippen LogP contribution in [0.5, 0.6) is 0 Å². The second-order valence-corrected chi connectivity index (χ2v) is 4.02. The van der Waals surface area contributed by atoms with Crippen molar-refractivity contribution in [2.45, 2.75) is 51.4 Å². The number of ether oxygens (including phenoxy) is 2. The zero-order valence-electron chi connectivity index (χ0n) is 9.91. The first-order valence-electron chi connectivity index (χ1n) is 5.29. The molecule has 7 nitrogen and oxygen atoms in total. The Bertz CT molecular complexity index is 307. The third kappa shape index (κ3) is 3.39. The minimum absolute atomic E-state index is 0.420. The zero-order chi connectivity index (χ0) is 13.2. The van der Waals surface area contributed by atoms with Crippen LogP contribution >= 0.6 is 0 Å². The molecule has 0 unspecified atom stereocenters. The monoisotopic (exact) mass is 247 g/mol. The highest BCUT2D eigenvalue weighted by Gasteiger charge is 2.45. The summed E-state index contributed by atoms with van der Waals surface area (Å²) in [6.45, 7) is 3.97. The number of esters is 1. The number of hydrogen-bond acceptors (Lipinski definition) is 6. The fraction of sp³-hybridized carbons (Fsp3) is 0.800. The third-order valence-electron chi connectivity index (χ3n) is 2.50. The van der Waals surface area contributed by atoms with Gasteiger partial charge in [0.2, 0.25) is 5.91 Å². The highest BCUT2D eigenvalue weighted by Crippen LogP contribution is 2.22. The van der Waals surface area contributed by atoms with Crippen LogP contribution in [0.3, 0.4) is 0 Å². The van der Waals surface area contributed by atoms with Crippen molar-refractivity contribution in [1.82, 2.24) is 5.32 Å². The van der Waals surface area contributed by atoms with Gasteiger partial charge in [0.1, 0.15) is 12.1 Å². The summed E-state index contributed by atoms with van der Waals surface area (Å²) in [5, 5.41) is 21.9. The molecule has 0 bridgehead atoms. The predicted octanol–water partition coefficient (Wildman–Crippen LogP) is -1.48. The van der Waals surface area contributed by atoms with Crippen LogP contribution in [0.2, 0.25) is 0 Å². The molecule has 1 aliphatic rings. The van der Waals surface area contributed by atoms with Crippen molar-refractivity contribution in [1.29, 1.82) is 0 Å². The molecule has 7 heteroatoms. The molecule has 0 aliphatic carbocycles. The van der Waals surface area contributed by atoms with Crippen molar-refractivity contribution in [3.05, 3.63) is 0 Å². The molecule has 1 rings (SSSR count). The fourth-order valence-corrected chi connectivity index (χ4v) is 1.75. The van der Waals surface area contributed by atoms with Crippen LogP contribution in [0.1, 0.15) is 20.8 Å². The topological polar surface area (TPSA) is 105 Å². The lowest BCUT2D eigenvalue weighted by molar-refractivity contribution is -0.248. The SMILES string of the molecule is CC(=O)N[C@@H]1[C@@H](OC(C)=O)[C@H](O)[C@@H](C)O[C@H]1O. The Morgan fingerprint density at radius 1 is 1.29 bits per heavy atom. The first kappa shape index (κ1) is 13.9. The molecule has 0 aromatic heterocycles. The number of carbonyl (C=O) groups is 2. The van der Waals surface area contributed by atoms with Crippen molar-refractivity contribution in [3.8, 4) is 0 Å². The number of amides is 1. The van der Waals surface area contributed by atoms with Gasteiger partial charge in [-0.05, 0) is 6.92 Å². The van der Waals surface area contributed by atoms with E-state index >= 15 is 0 Å². The minimum atomic E-state index is -1.33. The lowest BCUT2D eigenvalue weighted by Gasteiger charge is -2.41. The highest BCUT2D eigenvalue weighted by molar-refractivity contribution is 5.73. The van der Waals surface area contributed by atoms with E-state index in [4.69, 9.17) is 9.47 Å². The van der Waals surface area contributed by atoms with E-state index < -0.39 is 42.5 Å². The largest absolute Gasteiger partial charge is 0.457 e. The summed E-state index contributed by atoms with van der Waals surface area (Å²) < 4.78 is 9.94. The summed E-state index contributed by atoms with van der Waals surface area (Å²) in [4.78, 5) is 21.9. The summed E-state index contributed by atoms with van der Waals surface area (Å²) in [6, 6.07) is -0.984. The molecule has 17 heavy (non-hydrogen) atoms. The van der Waals surface area contributed by atoms with Gasteiger partial charge >= 0.3 is 5.97 Å². The predicted molar refractivity (Wildman–Crippen MR) is 55.7 cm³/mol. The quantitative estimate of drug-likeness (QED) is 0.514. The smallest absolute Gasteiger partial charge is 0.303 e. The fourth-order valence-electron chi connectivity index (χ4n) is 1.75. The molecule has 1 aliphatic heterocycles. The first-order chi connectivity index (χ1) is 7.82. The zero-order valence-corrected chi connectivity index (χ0v) is 9.91.